The Morgan fingerprint density at radius 3 is 2.57 bits per heavy atom. The van der Waals surface area contributed by atoms with E-state index >= 15 is 0 Å². The average Bonchev–Trinajstić information content (AvgIpc) is 2.43. The van der Waals surface area contributed by atoms with E-state index in [2.05, 4.69) is 4.98 Å². The van der Waals surface area contributed by atoms with Gasteiger partial charge in [-0.3, -0.25) is 14.3 Å². The normalized spacial score (nSPS) is 12.4. The smallest absolute Gasteiger partial charge is 0.297 e. The summed E-state index contributed by atoms with van der Waals surface area (Å²) in [6.07, 6.45) is 1.34. The Hall–Kier alpha value is -1.81. The molecule has 0 aliphatic carbocycles. The van der Waals surface area contributed by atoms with Crippen molar-refractivity contribution in [3.63, 3.8) is 0 Å². The van der Waals surface area contributed by atoms with Gasteiger partial charge in [-0.2, -0.15) is 0 Å². The fourth-order valence-corrected chi connectivity index (χ4v) is 2.83. The van der Waals surface area contributed by atoms with Crippen LogP contribution in [0.2, 0.25) is 5.15 Å². The van der Waals surface area contributed by atoms with Crippen LogP contribution in [0.1, 0.15) is 43.0 Å². The van der Waals surface area contributed by atoms with E-state index in [1.165, 1.54) is 4.57 Å². The van der Waals surface area contributed by atoms with E-state index in [1.807, 2.05) is 45.0 Å². The van der Waals surface area contributed by atoms with Crippen molar-refractivity contribution in [1.29, 1.82) is 0 Å². The molecule has 1 aromatic carbocycles. The van der Waals surface area contributed by atoms with Gasteiger partial charge in [0, 0.05) is 0 Å². The number of halogens is 1. The lowest BCUT2D eigenvalue weighted by Gasteiger charge is -2.18. The quantitative estimate of drug-likeness (QED) is 0.883. The van der Waals surface area contributed by atoms with Crippen molar-refractivity contribution in [1.82, 2.24) is 9.55 Å². The first-order chi connectivity index (χ1) is 9.97. The summed E-state index contributed by atoms with van der Waals surface area (Å²) in [5.74, 6) is 0. The molecule has 1 N–H and O–H groups in total. The van der Waals surface area contributed by atoms with Gasteiger partial charge in [0.25, 0.3) is 5.56 Å². The third-order valence-electron chi connectivity index (χ3n) is 3.70. The Morgan fingerprint density at radius 1 is 1.29 bits per heavy atom. The van der Waals surface area contributed by atoms with E-state index in [0.717, 1.165) is 17.5 Å². The Kier molecular flexibility index (Phi) is 4.68. The van der Waals surface area contributed by atoms with Crippen LogP contribution in [0.25, 0.3) is 0 Å². The van der Waals surface area contributed by atoms with Gasteiger partial charge in [0.05, 0.1) is 11.6 Å². The van der Waals surface area contributed by atoms with Crippen LogP contribution in [-0.4, -0.2) is 9.55 Å². The molecule has 0 fully saturated rings. The summed E-state index contributed by atoms with van der Waals surface area (Å²) >= 11 is 6.00. The Balaban J connectivity index is 2.64. The predicted molar refractivity (Wildman–Crippen MR) is 85.3 cm³/mol. The van der Waals surface area contributed by atoms with Crippen LogP contribution in [0.15, 0.2) is 33.9 Å². The highest BCUT2D eigenvalue weighted by atomic mass is 35.5. The van der Waals surface area contributed by atoms with Crippen LogP contribution < -0.4 is 11.2 Å². The number of hydrogen-bond acceptors (Lipinski definition) is 2. The molecule has 5 heteroatoms. The minimum atomic E-state index is -0.472. The summed E-state index contributed by atoms with van der Waals surface area (Å²) in [5.41, 5.74) is 1.69. The lowest BCUT2D eigenvalue weighted by Crippen LogP contribution is -2.39. The molecule has 0 radical (unpaired) electrons. The molecule has 0 bridgehead atoms. The minimum Gasteiger partial charge on any atom is -0.297 e. The first-order valence-corrected chi connectivity index (χ1v) is 7.43. The average molecular weight is 307 g/mol. The van der Waals surface area contributed by atoms with Crippen LogP contribution in [0.5, 0.6) is 0 Å². The summed E-state index contributed by atoms with van der Waals surface area (Å²) < 4.78 is 1.25. The van der Waals surface area contributed by atoms with E-state index in [4.69, 9.17) is 11.6 Å². The number of nitrogens with zero attached hydrogens (tertiary/aromatic N) is 1. The van der Waals surface area contributed by atoms with Gasteiger partial charge < -0.3 is 0 Å². The molecule has 21 heavy (non-hydrogen) atoms. The van der Waals surface area contributed by atoms with Crippen molar-refractivity contribution in [3.8, 4) is 0 Å². The Morgan fingerprint density at radius 2 is 1.95 bits per heavy atom. The molecule has 1 heterocycles. The topological polar surface area (TPSA) is 54.9 Å². The first-order valence-electron chi connectivity index (χ1n) is 7.06. The maximum absolute atomic E-state index is 12.6. The third kappa shape index (κ3) is 2.95. The van der Waals surface area contributed by atoms with E-state index in [-0.39, 0.29) is 16.8 Å². The molecule has 0 aliphatic heterocycles. The van der Waals surface area contributed by atoms with Crippen molar-refractivity contribution in [2.24, 2.45) is 0 Å². The molecular formula is C16H19ClN2O2. The number of aryl methyl sites for hydroxylation is 1. The highest BCUT2D eigenvalue weighted by Crippen LogP contribution is 2.19. The van der Waals surface area contributed by atoms with Crippen molar-refractivity contribution in [3.05, 3.63) is 66.9 Å². The molecule has 0 spiro atoms. The lowest BCUT2D eigenvalue weighted by molar-refractivity contribution is 0.567. The number of nitrogens with one attached hydrogen (secondary N) is 1. The molecular weight excluding hydrogens is 288 g/mol. The zero-order valence-electron chi connectivity index (χ0n) is 12.4. The van der Waals surface area contributed by atoms with Gasteiger partial charge >= 0.3 is 5.69 Å². The minimum absolute atomic E-state index is 0.153. The van der Waals surface area contributed by atoms with E-state index in [1.54, 1.807) is 0 Å². The fourth-order valence-electron chi connectivity index (χ4n) is 2.57. The van der Waals surface area contributed by atoms with Crippen LogP contribution in [0.4, 0.5) is 0 Å². The molecule has 2 rings (SSSR count). The SMILES string of the molecule is CCCc1c(Cl)[nH]c(=O)n(C(C)c2ccccc2C)c1=O. The number of aromatic amines is 1. The molecule has 1 aromatic heterocycles. The summed E-state index contributed by atoms with van der Waals surface area (Å²) in [4.78, 5) is 27.3. The zero-order chi connectivity index (χ0) is 15.6. The van der Waals surface area contributed by atoms with Gasteiger partial charge in [-0.15, -0.1) is 0 Å². The van der Waals surface area contributed by atoms with Crippen LogP contribution in [-0.2, 0) is 6.42 Å². The fraction of sp³-hybridized carbons (Fsp3) is 0.375. The molecule has 1 atom stereocenters. The lowest BCUT2D eigenvalue weighted by atomic mass is 10.0. The molecule has 112 valence electrons. The third-order valence-corrected chi connectivity index (χ3v) is 4.03. The second kappa shape index (κ2) is 6.31. The van der Waals surface area contributed by atoms with Gasteiger partial charge in [0.15, 0.2) is 0 Å². The number of H-pyrrole nitrogens is 1. The van der Waals surface area contributed by atoms with Gasteiger partial charge in [-0.25, -0.2) is 4.79 Å². The van der Waals surface area contributed by atoms with E-state index < -0.39 is 5.69 Å². The van der Waals surface area contributed by atoms with Crippen molar-refractivity contribution in [2.45, 2.75) is 39.7 Å². The van der Waals surface area contributed by atoms with Crippen LogP contribution in [0.3, 0.4) is 0 Å². The summed E-state index contributed by atoms with van der Waals surface area (Å²) in [6.45, 7) is 5.78. The molecule has 1 unspecified atom stereocenters. The molecule has 0 aliphatic rings. The van der Waals surface area contributed by atoms with Crippen molar-refractivity contribution in [2.75, 3.05) is 0 Å². The maximum atomic E-state index is 12.6. The predicted octanol–water partition coefficient (Wildman–Crippen LogP) is 3.06. The van der Waals surface area contributed by atoms with E-state index in [9.17, 15) is 9.59 Å². The summed E-state index contributed by atoms with van der Waals surface area (Å²) in [5, 5.41) is 0.153. The van der Waals surface area contributed by atoms with Gasteiger partial charge in [0.2, 0.25) is 0 Å². The van der Waals surface area contributed by atoms with Crippen LogP contribution >= 0.6 is 11.6 Å². The molecule has 0 saturated heterocycles. The second-order valence-electron chi connectivity index (χ2n) is 5.18. The number of hydrogen-bond donors (Lipinski definition) is 1. The second-order valence-corrected chi connectivity index (χ2v) is 5.56. The van der Waals surface area contributed by atoms with Gasteiger partial charge in [-0.1, -0.05) is 49.2 Å². The van der Waals surface area contributed by atoms with E-state index in [0.29, 0.717) is 12.0 Å². The van der Waals surface area contributed by atoms with Gasteiger partial charge in [0.1, 0.15) is 5.15 Å². The monoisotopic (exact) mass is 306 g/mol. The maximum Gasteiger partial charge on any atom is 0.330 e. The molecule has 2 aromatic rings. The van der Waals surface area contributed by atoms with Gasteiger partial charge in [-0.05, 0) is 31.4 Å². The highest BCUT2D eigenvalue weighted by Gasteiger charge is 2.18. The van der Waals surface area contributed by atoms with Crippen LogP contribution in [0, 0.1) is 6.92 Å². The number of rotatable bonds is 4. The van der Waals surface area contributed by atoms with Crippen molar-refractivity contribution < 1.29 is 0 Å². The molecule has 0 saturated carbocycles. The largest absolute Gasteiger partial charge is 0.330 e. The zero-order valence-corrected chi connectivity index (χ0v) is 13.2. The van der Waals surface area contributed by atoms with Crippen molar-refractivity contribution >= 4 is 11.6 Å². The number of benzene rings is 1. The molecule has 0 amide bonds. The summed E-state index contributed by atoms with van der Waals surface area (Å²) in [6, 6.07) is 7.40. The molecule has 4 nitrogen and oxygen atoms in total. The Bertz CT molecular complexity index is 762. The standard InChI is InChI=1S/C16H19ClN2O2/c1-4-7-13-14(17)18-16(21)19(15(13)20)11(3)12-9-6-5-8-10(12)2/h5-6,8-9,11H,4,7H2,1-3H3,(H,18,21). The summed E-state index contributed by atoms with van der Waals surface area (Å²) in [7, 11) is 0. The number of aromatic nitrogens is 2. The Labute approximate surface area is 128 Å². The first kappa shape index (κ1) is 15.6. The highest BCUT2D eigenvalue weighted by molar-refractivity contribution is 6.30.